The zero-order valence-electron chi connectivity index (χ0n) is 10.4. The number of hydrogen-bond acceptors (Lipinski definition) is 4. The molecule has 106 valence electrons. The normalized spacial score (nSPS) is 14.9. The van der Waals surface area contributed by atoms with Crippen LogP contribution in [-0.4, -0.2) is 41.0 Å². The van der Waals surface area contributed by atoms with Gasteiger partial charge < -0.3 is 4.74 Å². The molecule has 0 unspecified atom stereocenters. The number of hydrogen-bond donors (Lipinski definition) is 0. The van der Waals surface area contributed by atoms with E-state index in [0.29, 0.717) is 5.56 Å². The van der Waals surface area contributed by atoms with Crippen molar-refractivity contribution in [2.75, 3.05) is 19.8 Å². The fourth-order valence-electron chi connectivity index (χ4n) is 1.63. The van der Waals surface area contributed by atoms with Crippen molar-refractivity contribution in [3.63, 3.8) is 0 Å². The van der Waals surface area contributed by atoms with Crippen molar-refractivity contribution in [3.8, 4) is 0 Å². The molecular formula is C12H15F2NO3S. The molecule has 0 spiro atoms. The summed E-state index contributed by atoms with van der Waals surface area (Å²) in [6.45, 7) is 1.29. The van der Waals surface area contributed by atoms with Crippen LogP contribution in [0.4, 0.5) is 8.78 Å². The molecule has 1 rings (SSSR count). The van der Waals surface area contributed by atoms with Gasteiger partial charge in [0.25, 0.3) is 0 Å². The first kappa shape index (κ1) is 15.7. The molecule has 0 amide bonds. The highest BCUT2D eigenvalue weighted by Crippen LogP contribution is 2.25. The maximum atomic E-state index is 12.8. The molecule has 1 aromatic carbocycles. The van der Waals surface area contributed by atoms with Gasteiger partial charge in [-0.1, -0.05) is 12.1 Å². The molecule has 0 radical (unpaired) electrons. The predicted molar refractivity (Wildman–Crippen MR) is 68.7 cm³/mol. The largest absolute Gasteiger partial charge is 0.340 e. The third-order valence-electron chi connectivity index (χ3n) is 2.62. The zero-order valence-corrected chi connectivity index (χ0v) is 11.2. The van der Waals surface area contributed by atoms with Crippen LogP contribution >= 0.6 is 0 Å². The number of benzene rings is 1. The van der Waals surface area contributed by atoms with Gasteiger partial charge in [0.1, 0.15) is 18.8 Å². The number of alkyl halides is 2. The van der Waals surface area contributed by atoms with Crippen LogP contribution in [0, 0.1) is 0 Å². The van der Waals surface area contributed by atoms with Gasteiger partial charge in [-0.15, -0.1) is 0 Å². The van der Waals surface area contributed by atoms with Crippen LogP contribution in [-0.2, 0) is 14.6 Å². The minimum absolute atomic E-state index is 0.124. The maximum absolute atomic E-state index is 12.8. The van der Waals surface area contributed by atoms with Gasteiger partial charge in [-0.3, -0.25) is 4.99 Å². The van der Waals surface area contributed by atoms with Crippen molar-refractivity contribution in [3.05, 3.63) is 29.8 Å². The molecule has 0 heterocycles. The molecule has 1 aromatic rings. The Labute approximate surface area is 111 Å². The van der Waals surface area contributed by atoms with Gasteiger partial charge in [-0.2, -0.15) is 0 Å². The third kappa shape index (κ3) is 4.07. The first-order chi connectivity index (χ1) is 8.93. The van der Waals surface area contributed by atoms with Gasteiger partial charge in [0, 0.05) is 6.26 Å². The number of ether oxygens (including phenoxy) is 1. The second-order valence-electron chi connectivity index (χ2n) is 3.94. The first-order valence-corrected chi connectivity index (χ1v) is 7.32. The lowest BCUT2D eigenvalue weighted by Crippen LogP contribution is -2.21. The van der Waals surface area contributed by atoms with Crippen molar-refractivity contribution in [2.45, 2.75) is 17.0 Å². The Balaban J connectivity index is 3.07. The summed E-state index contributed by atoms with van der Waals surface area (Å²) < 4.78 is 52.5. The Hall–Kier alpha value is -1.34. The summed E-state index contributed by atoms with van der Waals surface area (Å²) in [5.41, 5.74) is 0.445. The molecule has 0 bridgehead atoms. The third-order valence-corrected chi connectivity index (χ3v) is 3.75. The van der Waals surface area contributed by atoms with E-state index in [-0.39, 0.29) is 4.90 Å². The standard InChI is InChI=1S/C12H15F2NO3S/c1-15-11(7-13)12(18-8-14)9-3-5-10(6-4-9)19(2,16)17/h3-6,11-12H,1,7-8H2,2H3/t11-,12-/m1/s1. The van der Waals surface area contributed by atoms with Crippen molar-refractivity contribution in [1.29, 1.82) is 0 Å². The van der Waals surface area contributed by atoms with Crippen LogP contribution in [0.5, 0.6) is 0 Å². The Bertz CT molecular complexity index is 516. The fraction of sp³-hybridized carbons (Fsp3) is 0.417. The zero-order chi connectivity index (χ0) is 14.5. The van der Waals surface area contributed by atoms with E-state index >= 15 is 0 Å². The summed E-state index contributed by atoms with van der Waals surface area (Å²) in [5, 5.41) is 0. The number of aliphatic imine (C=N–C) groups is 1. The van der Waals surface area contributed by atoms with E-state index in [9.17, 15) is 17.2 Å². The summed E-state index contributed by atoms with van der Waals surface area (Å²) >= 11 is 0. The summed E-state index contributed by atoms with van der Waals surface area (Å²) in [4.78, 5) is 3.66. The lowest BCUT2D eigenvalue weighted by molar-refractivity contribution is -0.0218. The monoisotopic (exact) mass is 291 g/mol. The Morgan fingerprint density at radius 3 is 2.26 bits per heavy atom. The lowest BCUT2D eigenvalue weighted by atomic mass is 10.0. The first-order valence-electron chi connectivity index (χ1n) is 5.43. The van der Waals surface area contributed by atoms with E-state index in [0.717, 1.165) is 6.26 Å². The van der Waals surface area contributed by atoms with Crippen LogP contribution in [0.1, 0.15) is 11.7 Å². The molecule has 0 N–H and O–H groups in total. The van der Waals surface area contributed by atoms with Gasteiger partial charge in [0.05, 0.1) is 4.90 Å². The lowest BCUT2D eigenvalue weighted by Gasteiger charge is -2.21. The van der Waals surface area contributed by atoms with Crippen LogP contribution in [0.3, 0.4) is 0 Å². The van der Waals surface area contributed by atoms with Crippen LogP contribution in [0.15, 0.2) is 34.2 Å². The maximum Gasteiger partial charge on any atom is 0.189 e. The summed E-state index contributed by atoms with van der Waals surface area (Å²) in [6.07, 6.45) is 0.147. The average molecular weight is 291 g/mol. The smallest absolute Gasteiger partial charge is 0.189 e. The van der Waals surface area contributed by atoms with Gasteiger partial charge in [-0.05, 0) is 24.4 Å². The molecular weight excluding hydrogens is 276 g/mol. The topological polar surface area (TPSA) is 55.7 Å². The molecule has 4 nitrogen and oxygen atoms in total. The molecule has 7 heteroatoms. The van der Waals surface area contributed by atoms with E-state index in [1.165, 1.54) is 24.3 Å². The molecule has 0 aliphatic rings. The van der Waals surface area contributed by atoms with Crippen molar-refractivity contribution in [2.24, 2.45) is 4.99 Å². The molecule has 0 fully saturated rings. The van der Waals surface area contributed by atoms with Gasteiger partial charge in [-0.25, -0.2) is 17.2 Å². The highest BCUT2D eigenvalue weighted by Gasteiger charge is 2.23. The van der Waals surface area contributed by atoms with E-state index in [1.54, 1.807) is 0 Å². The molecule has 2 atom stereocenters. The minimum Gasteiger partial charge on any atom is -0.340 e. The van der Waals surface area contributed by atoms with Crippen LogP contribution in [0.25, 0.3) is 0 Å². The van der Waals surface area contributed by atoms with E-state index < -0.39 is 35.5 Å². The van der Waals surface area contributed by atoms with E-state index in [4.69, 9.17) is 4.74 Å². The highest BCUT2D eigenvalue weighted by molar-refractivity contribution is 7.90. The van der Waals surface area contributed by atoms with Gasteiger partial charge in [0.15, 0.2) is 16.7 Å². The Morgan fingerprint density at radius 1 is 1.32 bits per heavy atom. The summed E-state index contributed by atoms with van der Waals surface area (Å²) in [5.74, 6) is 0. The van der Waals surface area contributed by atoms with Gasteiger partial charge in [0.2, 0.25) is 0 Å². The Kier molecular flexibility index (Phi) is 5.56. The molecule has 0 aliphatic carbocycles. The molecule has 0 aromatic heterocycles. The van der Waals surface area contributed by atoms with Crippen molar-refractivity contribution in [1.82, 2.24) is 0 Å². The molecule has 0 aliphatic heterocycles. The van der Waals surface area contributed by atoms with Crippen LogP contribution < -0.4 is 0 Å². The number of halogens is 2. The van der Waals surface area contributed by atoms with Gasteiger partial charge >= 0.3 is 0 Å². The Morgan fingerprint density at radius 2 is 1.89 bits per heavy atom. The quantitative estimate of drug-likeness (QED) is 0.723. The second kappa shape index (κ2) is 6.72. The van der Waals surface area contributed by atoms with Crippen LogP contribution in [0.2, 0.25) is 0 Å². The average Bonchev–Trinajstić information content (AvgIpc) is 2.38. The fourth-order valence-corrected chi connectivity index (χ4v) is 2.26. The predicted octanol–water partition coefficient (Wildman–Crippen LogP) is 2.11. The SMILES string of the molecule is C=N[C@H](CF)[C@H](OCF)c1ccc(S(C)(=O)=O)cc1. The van der Waals surface area contributed by atoms with E-state index in [1.807, 2.05) is 0 Å². The number of nitrogens with zero attached hydrogens (tertiary/aromatic N) is 1. The number of rotatable bonds is 7. The summed E-state index contributed by atoms with van der Waals surface area (Å²) in [6, 6.07) is 4.68. The highest BCUT2D eigenvalue weighted by atomic mass is 32.2. The minimum atomic E-state index is -3.31. The van der Waals surface area contributed by atoms with E-state index in [2.05, 4.69) is 11.7 Å². The molecule has 19 heavy (non-hydrogen) atoms. The van der Waals surface area contributed by atoms with Crippen molar-refractivity contribution >= 4 is 16.6 Å². The van der Waals surface area contributed by atoms with Crippen molar-refractivity contribution < 1.29 is 21.9 Å². The molecule has 0 saturated heterocycles. The number of sulfone groups is 1. The summed E-state index contributed by atoms with van der Waals surface area (Å²) in [7, 11) is -3.31. The molecule has 0 saturated carbocycles. The second-order valence-corrected chi connectivity index (χ2v) is 5.96.